The van der Waals surface area contributed by atoms with Gasteiger partial charge in [0.1, 0.15) is 5.01 Å². The van der Waals surface area contributed by atoms with Crippen LogP contribution in [0.25, 0.3) is 4.96 Å². The second-order valence-electron chi connectivity index (χ2n) is 6.24. The highest BCUT2D eigenvalue weighted by Crippen LogP contribution is 2.35. The minimum atomic E-state index is -4.75. The maximum Gasteiger partial charge on any atom is 0.435 e. The molecule has 2 aromatic heterocycles. The van der Waals surface area contributed by atoms with Crippen LogP contribution in [0.2, 0.25) is 0 Å². The number of aliphatic hydroxyl groups excluding tert-OH is 1. The van der Waals surface area contributed by atoms with Gasteiger partial charge in [-0.1, -0.05) is 11.3 Å². The Kier molecular flexibility index (Phi) is 5.20. The Labute approximate surface area is 152 Å². The maximum absolute atomic E-state index is 13.3. The molecule has 150 valence electrons. The Morgan fingerprint density at radius 2 is 1.93 bits per heavy atom. The van der Waals surface area contributed by atoms with Crippen molar-refractivity contribution in [3.05, 3.63) is 16.4 Å². The molecule has 1 atom stereocenters. The molecule has 3 heterocycles. The molecule has 0 amide bonds. The summed E-state index contributed by atoms with van der Waals surface area (Å²) in [5.41, 5.74) is -1.46. The quantitative estimate of drug-likeness (QED) is 0.759. The van der Waals surface area contributed by atoms with E-state index in [1.54, 1.807) is 0 Å². The largest absolute Gasteiger partial charge is 0.435 e. The lowest BCUT2D eigenvalue weighted by molar-refractivity contribution is -0.142. The molecule has 1 aliphatic heterocycles. The van der Waals surface area contributed by atoms with Crippen LogP contribution in [0.1, 0.15) is 29.2 Å². The van der Waals surface area contributed by atoms with E-state index in [0.29, 0.717) is 0 Å². The van der Waals surface area contributed by atoms with Crippen LogP contribution in [-0.2, 0) is 24.1 Å². The number of Topliss-reactive ketones (excluding diaryl/α,β-unsaturated/α-hetero) is 1. The van der Waals surface area contributed by atoms with Crippen molar-refractivity contribution in [2.45, 2.75) is 38.3 Å². The highest BCUT2D eigenvalue weighted by atomic mass is 32.1. The summed E-state index contributed by atoms with van der Waals surface area (Å²) < 4.78 is 77.8. The molecule has 1 fully saturated rings. The fourth-order valence-electron chi connectivity index (χ4n) is 3.01. The van der Waals surface area contributed by atoms with E-state index in [9.17, 15) is 31.1 Å². The molecular formula is C14H14F6N4O2S. The summed E-state index contributed by atoms with van der Waals surface area (Å²) in [4.78, 5) is 16.8. The summed E-state index contributed by atoms with van der Waals surface area (Å²) in [5, 5.41) is 13.1. The molecule has 0 aliphatic carbocycles. The highest BCUT2D eigenvalue weighted by molar-refractivity contribution is 7.16. The molecule has 27 heavy (non-hydrogen) atoms. The summed E-state index contributed by atoms with van der Waals surface area (Å²) in [6.45, 7) is -1.09. The van der Waals surface area contributed by atoms with Crippen molar-refractivity contribution in [2.24, 2.45) is 5.92 Å². The Morgan fingerprint density at radius 1 is 1.22 bits per heavy atom. The van der Waals surface area contributed by atoms with Gasteiger partial charge in [-0.05, 0) is 6.42 Å². The van der Waals surface area contributed by atoms with Gasteiger partial charge in [-0.3, -0.25) is 9.69 Å². The third-order valence-electron chi connectivity index (χ3n) is 4.21. The van der Waals surface area contributed by atoms with Gasteiger partial charge in [0.25, 0.3) is 0 Å². The average Bonchev–Trinajstić information content (AvgIpc) is 3.18. The summed E-state index contributed by atoms with van der Waals surface area (Å²) in [6.07, 6.45) is -10.6. The zero-order chi connectivity index (χ0) is 20.0. The van der Waals surface area contributed by atoms with Gasteiger partial charge in [0, 0.05) is 25.4 Å². The number of hydrogen-bond acceptors (Lipinski definition) is 6. The number of fused-ring (bicyclic) bond motifs is 1. The second kappa shape index (κ2) is 7.02. The molecule has 0 saturated carbocycles. The first kappa shape index (κ1) is 20.0. The molecule has 0 aromatic carbocycles. The number of aromatic nitrogens is 3. The topological polar surface area (TPSA) is 70.7 Å². The molecule has 0 spiro atoms. The first-order valence-corrected chi connectivity index (χ1v) is 8.67. The number of alkyl halides is 6. The zero-order valence-corrected chi connectivity index (χ0v) is 14.5. The molecule has 3 rings (SSSR count). The lowest BCUT2D eigenvalue weighted by Crippen LogP contribution is -2.24. The highest BCUT2D eigenvalue weighted by Gasteiger charge is 2.41. The number of ketones is 1. The number of halogens is 6. The van der Waals surface area contributed by atoms with E-state index in [1.165, 1.54) is 4.90 Å². The number of carbonyl (C=O) groups excluding carboxylic acids is 1. The molecule has 1 N–H and O–H groups in total. The SMILES string of the molecule is O=C1CN(Cc2c(C(F)(F)F)nc3sc(CO)nn23)C[C@@H]1CCC(F)(F)F. The number of rotatable bonds is 5. The van der Waals surface area contributed by atoms with Crippen LogP contribution in [0.5, 0.6) is 0 Å². The van der Waals surface area contributed by atoms with Crippen LogP contribution < -0.4 is 0 Å². The molecule has 0 radical (unpaired) electrons. The van der Waals surface area contributed by atoms with E-state index in [2.05, 4.69) is 10.1 Å². The minimum Gasteiger partial charge on any atom is -0.389 e. The summed E-state index contributed by atoms with van der Waals surface area (Å²) >= 11 is 0.799. The Balaban J connectivity index is 1.81. The number of hydrogen-bond donors (Lipinski definition) is 1. The van der Waals surface area contributed by atoms with E-state index in [-0.39, 0.29) is 35.3 Å². The molecule has 13 heteroatoms. The fourth-order valence-corrected chi connectivity index (χ4v) is 3.78. The first-order chi connectivity index (χ1) is 12.5. The van der Waals surface area contributed by atoms with Crippen molar-refractivity contribution >= 4 is 22.1 Å². The lowest BCUT2D eigenvalue weighted by atomic mass is 10.0. The molecule has 0 bridgehead atoms. The van der Waals surface area contributed by atoms with E-state index >= 15 is 0 Å². The monoisotopic (exact) mass is 416 g/mol. The normalized spacial score (nSPS) is 19.5. The number of aliphatic hydroxyl groups is 1. The first-order valence-electron chi connectivity index (χ1n) is 7.85. The van der Waals surface area contributed by atoms with Gasteiger partial charge in [-0.25, -0.2) is 9.50 Å². The molecule has 1 aliphatic rings. The number of carbonyl (C=O) groups is 1. The van der Waals surface area contributed by atoms with Gasteiger partial charge in [-0.15, -0.1) is 0 Å². The Morgan fingerprint density at radius 3 is 2.52 bits per heavy atom. The van der Waals surface area contributed by atoms with Crippen molar-refractivity contribution in [3.63, 3.8) is 0 Å². The second-order valence-corrected chi connectivity index (χ2v) is 7.28. The predicted molar refractivity (Wildman–Crippen MR) is 80.9 cm³/mol. The van der Waals surface area contributed by atoms with Crippen LogP contribution in [0.15, 0.2) is 0 Å². The van der Waals surface area contributed by atoms with E-state index < -0.39 is 49.2 Å². The van der Waals surface area contributed by atoms with Crippen LogP contribution in [0.3, 0.4) is 0 Å². The van der Waals surface area contributed by atoms with Gasteiger partial charge in [-0.2, -0.15) is 31.4 Å². The maximum atomic E-state index is 13.3. The van der Waals surface area contributed by atoms with Crippen molar-refractivity contribution in [3.8, 4) is 0 Å². The Hall–Kier alpha value is -1.73. The van der Waals surface area contributed by atoms with Crippen LogP contribution >= 0.6 is 11.3 Å². The van der Waals surface area contributed by atoms with E-state index in [0.717, 1.165) is 15.9 Å². The van der Waals surface area contributed by atoms with Gasteiger partial charge >= 0.3 is 12.4 Å². The molecule has 6 nitrogen and oxygen atoms in total. The fraction of sp³-hybridized carbons (Fsp3) is 0.643. The van der Waals surface area contributed by atoms with Crippen LogP contribution in [0.4, 0.5) is 26.3 Å². The number of nitrogens with zero attached hydrogens (tertiary/aromatic N) is 4. The van der Waals surface area contributed by atoms with Gasteiger partial charge < -0.3 is 5.11 Å². The summed E-state index contributed by atoms with van der Waals surface area (Å²) in [7, 11) is 0. The van der Waals surface area contributed by atoms with Crippen LogP contribution in [-0.4, -0.2) is 49.7 Å². The molecular weight excluding hydrogens is 402 g/mol. The Bertz CT molecular complexity index is 843. The van der Waals surface area contributed by atoms with E-state index in [4.69, 9.17) is 5.11 Å². The van der Waals surface area contributed by atoms with E-state index in [1.807, 2.05) is 0 Å². The van der Waals surface area contributed by atoms with Crippen LogP contribution in [0, 0.1) is 5.92 Å². The number of likely N-dealkylation sites (tertiary alicyclic amines) is 1. The molecule has 1 saturated heterocycles. The third kappa shape index (κ3) is 4.41. The van der Waals surface area contributed by atoms with Gasteiger partial charge in [0.2, 0.25) is 4.96 Å². The minimum absolute atomic E-state index is 0.0551. The summed E-state index contributed by atoms with van der Waals surface area (Å²) in [6, 6.07) is 0. The standard InChI is InChI=1S/C14H14F6N4O2S/c15-13(16,17)2-1-7-3-23(5-9(7)26)4-8-11(14(18,19)20)21-12-24(8)22-10(6-25)27-12/h7,25H,1-6H2/t7-/m0/s1. The lowest BCUT2D eigenvalue weighted by Gasteiger charge is -2.16. The molecule has 0 unspecified atom stereocenters. The zero-order valence-electron chi connectivity index (χ0n) is 13.6. The van der Waals surface area contributed by atoms with Crippen molar-refractivity contribution in [1.82, 2.24) is 19.5 Å². The number of imidazole rings is 1. The van der Waals surface area contributed by atoms with Gasteiger partial charge in [0.05, 0.1) is 18.8 Å². The third-order valence-corrected chi connectivity index (χ3v) is 5.10. The average molecular weight is 416 g/mol. The van der Waals surface area contributed by atoms with Crippen molar-refractivity contribution < 1.29 is 36.2 Å². The predicted octanol–water partition coefficient (Wildman–Crippen LogP) is 2.65. The van der Waals surface area contributed by atoms with Crippen molar-refractivity contribution in [2.75, 3.05) is 13.1 Å². The summed E-state index contributed by atoms with van der Waals surface area (Å²) in [5.74, 6) is -1.30. The van der Waals surface area contributed by atoms with Crippen molar-refractivity contribution in [1.29, 1.82) is 0 Å². The van der Waals surface area contributed by atoms with Gasteiger partial charge in [0.15, 0.2) is 11.5 Å². The smallest absolute Gasteiger partial charge is 0.389 e. The molecule has 2 aromatic rings.